The number of hydrogen-bond donors (Lipinski definition) is 0. The number of fused-ring (bicyclic) bond motifs is 1. The predicted octanol–water partition coefficient (Wildman–Crippen LogP) is -2.36. The van der Waals surface area contributed by atoms with E-state index in [4.69, 9.17) is 9.47 Å². The van der Waals surface area contributed by atoms with Gasteiger partial charge in [-0.1, -0.05) is 6.08 Å². The Morgan fingerprint density at radius 2 is 2.44 bits per heavy atom. The molecule has 0 N–H and O–H groups in total. The van der Waals surface area contributed by atoms with Crippen LogP contribution in [0.25, 0.3) is 0 Å². The second-order valence-electron chi connectivity index (χ2n) is 3.61. The topological polar surface area (TPSA) is 52.6 Å². The first-order chi connectivity index (χ1) is 7.22. The molecule has 0 radical (unpaired) electrons. The quantitative estimate of drug-likeness (QED) is 0.253. The van der Waals surface area contributed by atoms with Gasteiger partial charge in [-0.15, -0.1) is 0 Å². The Morgan fingerprint density at radius 3 is 3.12 bits per heavy atom. The molecule has 1 saturated heterocycles. The summed E-state index contributed by atoms with van der Waals surface area (Å²) in [7, 11) is 0. The van der Waals surface area contributed by atoms with Crippen LogP contribution < -0.4 is 58.2 Å². The number of hydrogen-bond acceptors (Lipinski definition) is 4. The molecule has 2 aliphatic rings. The van der Waals surface area contributed by atoms with Gasteiger partial charge in [0.05, 0.1) is 5.92 Å². The van der Waals surface area contributed by atoms with Crippen LogP contribution in [-0.4, -0.2) is 24.6 Å². The SMILES string of the molecule is C=[C-]C(=O)OCC1C(=O)OC2C=CCC21.[Rb+]. The molecule has 1 aliphatic carbocycles. The van der Waals surface area contributed by atoms with Gasteiger partial charge in [-0.2, -0.15) is 0 Å². The fraction of sp³-hybridized carbons (Fsp3) is 0.455. The molecule has 0 saturated carbocycles. The van der Waals surface area contributed by atoms with E-state index < -0.39 is 5.97 Å². The van der Waals surface area contributed by atoms with E-state index in [9.17, 15) is 9.59 Å². The van der Waals surface area contributed by atoms with Gasteiger partial charge in [0, 0.05) is 5.92 Å². The molecule has 1 heterocycles. The van der Waals surface area contributed by atoms with E-state index in [-0.39, 0.29) is 88.7 Å². The maximum absolute atomic E-state index is 11.4. The second kappa shape index (κ2) is 6.24. The van der Waals surface area contributed by atoms with E-state index in [0.717, 1.165) is 6.42 Å². The number of allylic oxidation sites excluding steroid dienone is 1. The van der Waals surface area contributed by atoms with Gasteiger partial charge in [0.15, 0.2) is 0 Å². The third-order valence-electron chi connectivity index (χ3n) is 2.77. The Bertz CT molecular complexity index is 337. The molecular weight excluding hydrogens is 282 g/mol. The van der Waals surface area contributed by atoms with Crippen molar-refractivity contribution in [2.24, 2.45) is 11.8 Å². The van der Waals surface area contributed by atoms with Crippen molar-refractivity contribution in [3.05, 3.63) is 24.8 Å². The number of carbonyl (C=O) groups excluding carboxylic acids is 2. The molecule has 16 heavy (non-hydrogen) atoms. The van der Waals surface area contributed by atoms with Gasteiger partial charge in [-0.3, -0.25) is 16.2 Å². The van der Waals surface area contributed by atoms with Crippen LogP contribution in [0.1, 0.15) is 6.42 Å². The normalized spacial score (nSPS) is 30.2. The number of ether oxygens (including phenoxy) is 2. The Labute approximate surface area is 143 Å². The Kier molecular flexibility index (Phi) is 5.57. The first kappa shape index (κ1) is 14.3. The number of rotatable bonds is 3. The van der Waals surface area contributed by atoms with E-state index in [1.54, 1.807) is 0 Å². The van der Waals surface area contributed by atoms with Gasteiger partial charge < -0.3 is 15.5 Å². The van der Waals surface area contributed by atoms with Gasteiger partial charge in [-0.25, -0.2) is 0 Å². The van der Waals surface area contributed by atoms with Gasteiger partial charge in [0.25, 0.3) is 0 Å². The van der Waals surface area contributed by atoms with Crippen LogP contribution in [0.5, 0.6) is 0 Å². The van der Waals surface area contributed by atoms with Gasteiger partial charge in [0.2, 0.25) is 0 Å². The first-order valence-corrected chi connectivity index (χ1v) is 4.79. The van der Waals surface area contributed by atoms with E-state index in [1.807, 2.05) is 12.2 Å². The van der Waals surface area contributed by atoms with Crippen LogP contribution in [0, 0.1) is 17.9 Å². The molecule has 1 aliphatic heterocycles. The van der Waals surface area contributed by atoms with Crippen molar-refractivity contribution in [3.8, 4) is 0 Å². The molecule has 0 aromatic heterocycles. The molecule has 0 bridgehead atoms. The third kappa shape index (κ3) is 2.91. The molecule has 3 unspecified atom stereocenters. The van der Waals surface area contributed by atoms with E-state index in [2.05, 4.69) is 12.7 Å². The van der Waals surface area contributed by atoms with Crippen molar-refractivity contribution in [2.75, 3.05) is 6.61 Å². The van der Waals surface area contributed by atoms with Crippen LogP contribution in [0.15, 0.2) is 18.7 Å². The molecule has 3 atom stereocenters. The molecule has 1 fully saturated rings. The molecule has 2 rings (SSSR count). The van der Waals surface area contributed by atoms with E-state index >= 15 is 0 Å². The summed E-state index contributed by atoms with van der Waals surface area (Å²) in [6.45, 7) is 3.22. The molecule has 5 heteroatoms. The summed E-state index contributed by atoms with van der Waals surface area (Å²) in [6, 6.07) is 0. The molecule has 4 nitrogen and oxygen atoms in total. The summed E-state index contributed by atoms with van der Waals surface area (Å²) in [5.41, 5.74) is 0. The van der Waals surface area contributed by atoms with Crippen LogP contribution in [0.2, 0.25) is 0 Å². The molecular formula is C11H11O4Rb. The zero-order valence-corrected chi connectivity index (χ0v) is 14.1. The van der Waals surface area contributed by atoms with Crippen molar-refractivity contribution in [1.82, 2.24) is 0 Å². The molecule has 0 aromatic rings. The van der Waals surface area contributed by atoms with Crippen LogP contribution in [-0.2, 0) is 19.1 Å². The fourth-order valence-corrected chi connectivity index (χ4v) is 1.97. The van der Waals surface area contributed by atoms with Crippen molar-refractivity contribution in [1.29, 1.82) is 0 Å². The zero-order valence-electron chi connectivity index (χ0n) is 9.14. The summed E-state index contributed by atoms with van der Waals surface area (Å²) >= 11 is 0. The summed E-state index contributed by atoms with van der Waals surface area (Å²) in [4.78, 5) is 22.2. The van der Waals surface area contributed by atoms with Crippen molar-refractivity contribution < 1.29 is 77.3 Å². The minimum absolute atomic E-state index is 0. The molecule has 0 aromatic carbocycles. The Hall–Kier alpha value is 0.225. The zero-order chi connectivity index (χ0) is 10.8. The summed E-state index contributed by atoms with van der Waals surface area (Å²) in [5, 5.41) is 0. The largest absolute Gasteiger partial charge is 1.00 e. The van der Waals surface area contributed by atoms with E-state index in [0.29, 0.717) is 0 Å². The minimum Gasteiger partial charge on any atom is -0.489 e. The van der Waals surface area contributed by atoms with Gasteiger partial charge in [-0.05, 0) is 12.5 Å². The third-order valence-corrected chi connectivity index (χ3v) is 2.77. The first-order valence-electron chi connectivity index (χ1n) is 4.79. The van der Waals surface area contributed by atoms with Crippen molar-refractivity contribution >= 4 is 11.9 Å². The second-order valence-corrected chi connectivity index (χ2v) is 3.61. The number of esters is 2. The molecule has 0 spiro atoms. The molecule has 0 amide bonds. The van der Waals surface area contributed by atoms with E-state index in [1.165, 1.54) is 0 Å². The maximum atomic E-state index is 11.4. The van der Waals surface area contributed by atoms with Crippen molar-refractivity contribution in [2.45, 2.75) is 12.5 Å². The van der Waals surface area contributed by atoms with Crippen molar-refractivity contribution in [3.63, 3.8) is 0 Å². The van der Waals surface area contributed by atoms with Crippen LogP contribution in [0.4, 0.5) is 0 Å². The summed E-state index contributed by atoms with van der Waals surface area (Å²) < 4.78 is 9.92. The molecule has 80 valence electrons. The summed E-state index contributed by atoms with van der Waals surface area (Å²) in [5.74, 6) is -1.14. The maximum Gasteiger partial charge on any atom is 1.00 e. The average molecular weight is 293 g/mol. The Balaban J connectivity index is 0.00000128. The minimum atomic E-state index is -0.628. The predicted molar refractivity (Wildman–Crippen MR) is 50.4 cm³/mol. The van der Waals surface area contributed by atoms with Gasteiger partial charge >= 0.3 is 64.2 Å². The standard InChI is InChI=1S/C11H11O4.Rb/c1-2-10(12)14-6-8-7-4-3-5-9(7)15-11(8)13;/h3,5,7-9H,1,4,6H2;/q-1;+1. The number of carbonyl (C=O) groups is 2. The fourth-order valence-electron chi connectivity index (χ4n) is 1.97. The Morgan fingerprint density at radius 1 is 1.69 bits per heavy atom. The van der Waals surface area contributed by atoms with Crippen LogP contribution in [0.3, 0.4) is 0 Å². The average Bonchev–Trinajstić information content (AvgIpc) is 2.75. The van der Waals surface area contributed by atoms with Crippen LogP contribution >= 0.6 is 0 Å². The smallest absolute Gasteiger partial charge is 0.489 e. The summed E-state index contributed by atoms with van der Waals surface area (Å²) in [6.07, 6.45) is 6.62. The van der Waals surface area contributed by atoms with Gasteiger partial charge in [0.1, 0.15) is 18.7 Å². The monoisotopic (exact) mass is 292 g/mol.